The predicted octanol–water partition coefficient (Wildman–Crippen LogP) is 4.62. The summed E-state index contributed by atoms with van der Waals surface area (Å²) in [5.41, 5.74) is -0.255. The molecule has 0 saturated heterocycles. The number of rotatable bonds is 6. The maximum Gasteiger partial charge on any atom is 0.449 e. The van der Waals surface area contributed by atoms with Crippen LogP contribution in [0.15, 0.2) is 40.8 Å². The van der Waals surface area contributed by atoms with Crippen molar-refractivity contribution >= 4 is 51.7 Å². The van der Waals surface area contributed by atoms with E-state index in [1.165, 1.54) is 30.3 Å². The molecule has 0 radical (unpaired) electrons. The highest BCUT2D eigenvalue weighted by atomic mass is 35.5. The van der Waals surface area contributed by atoms with E-state index >= 15 is 0 Å². The summed E-state index contributed by atoms with van der Waals surface area (Å²) in [7, 11) is 0. The standard InChI is InChI=1S/C21H15Cl2F3N6O3/c1-10-30-31-16(35-10)8-27-15(33)9-32-14-7-3-6-13(18(14)29-20(32)21(24,25)26)28-19(34)17-11(22)4-2-5-12(17)23/h2-7H,8-9H2,1H3,(H,27,33)(H,28,34). The lowest BCUT2D eigenvalue weighted by atomic mass is 10.2. The lowest BCUT2D eigenvalue weighted by Gasteiger charge is -2.11. The molecular formula is C21H15Cl2F3N6O3. The normalized spacial score (nSPS) is 11.6. The van der Waals surface area contributed by atoms with Crippen molar-refractivity contribution in [1.82, 2.24) is 25.1 Å². The molecule has 2 heterocycles. The number of nitrogens with one attached hydrogen (secondary N) is 2. The minimum Gasteiger partial charge on any atom is -0.424 e. The Bertz CT molecular complexity index is 1410. The second-order valence-electron chi connectivity index (χ2n) is 7.23. The van der Waals surface area contributed by atoms with Crippen molar-refractivity contribution in [2.24, 2.45) is 0 Å². The third-order valence-electron chi connectivity index (χ3n) is 4.78. The van der Waals surface area contributed by atoms with Crippen molar-refractivity contribution in [1.29, 1.82) is 0 Å². The van der Waals surface area contributed by atoms with Crippen LogP contribution in [0, 0.1) is 6.92 Å². The maximum absolute atomic E-state index is 13.8. The Morgan fingerprint density at radius 3 is 2.40 bits per heavy atom. The molecule has 0 saturated carbocycles. The molecule has 4 aromatic rings. The Morgan fingerprint density at radius 2 is 1.77 bits per heavy atom. The van der Waals surface area contributed by atoms with Crippen molar-refractivity contribution in [2.45, 2.75) is 26.2 Å². The van der Waals surface area contributed by atoms with E-state index in [1.54, 1.807) is 13.0 Å². The highest BCUT2D eigenvalue weighted by molar-refractivity contribution is 6.40. The van der Waals surface area contributed by atoms with Gasteiger partial charge in [-0.05, 0) is 24.3 Å². The second kappa shape index (κ2) is 9.55. The molecule has 0 aliphatic rings. The summed E-state index contributed by atoms with van der Waals surface area (Å²) in [5.74, 6) is -2.41. The molecular weight excluding hydrogens is 512 g/mol. The topological polar surface area (TPSA) is 115 Å². The van der Waals surface area contributed by atoms with Crippen LogP contribution in [-0.2, 0) is 24.1 Å². The van der Waals surface area contributed by atoms with Gasteiger partial charge in [0.15, 0.2) is 0 Å². The SMILES string of the molecule is Cc1nnc(CNC(=O)Cn2c(C(F)(F)F)nc3c(NC(=O)c4c(Cl)cccc4Cl)cccc32)o1. The molecule has 0 unspecified atom stereocenters. The number of para-hydroxylation sites is 1. The summed E-state index contributed by atoms with van der Waals surface area (Å²) in [6.45, 7) is 0.696. The smallest absolute Gasteiger partial charge is 0.424 e. The number of anilines is 1. The Kier molecular flexibility index (Phi) is 6.68. The molecule has 0 spiro atoms. The third-order valence-corrected chi connectivity index (χ3v) is 5.41. The number of carbonyl (C=O) groups excluding carboxylic acids is 2. The highest BCUT2D eigenvalue weighted by Gasteiger charge is 2.38. The monoisotopic (exact) mass is 526 g/mol. The summed E-state index contributed by atoms with van der Waals surface area (Å²) in [6.07, 6.45) is -4.88. The fourth-order valence-corrected chi connectivity index (χ4v) is 3.88. The zero-order valence-corrected chi connectivity index (χ0v) is 19.3. The second-order valence-corrected chi connectivity index (χ2v) is 8.05. The molecule has 2 aromatic heterocycles. The summed E-state index contributed by atoms with van der Waals surface area (Å²) in [6, 6.07) is 8.60. The minimum atomic E-state index is -4.88. The van der Waals surface area contributed by atoms with E-state index in [1.807, 2.05) is 0 Å². The van der Waals surface area contributed by atoms with Crippen LogP contribution in [0.1, 0.15) is 28.0 Å². The Labute approximate surface area is 205 Å². The largest absolute Gasteiger partial charge is 0.449 e. The van der Waals surface area contributed by atoms with E-state index in [-0.39, 0.29) is 50.7 Å². The Balaban J connectivity index is 1.66. The molecule has 182 valence electrons. The van der Waals surface area contributed by atoms with Crippen molar-refractivity contribution in [3.05, 3.63) is 69.6 Å². The number of aromatic nitrogens is 4. The molecule has 35 heavy (non-hydrogen) atoms. The first-order valence-corrected chi connectivity index (χ1v) is 10.7. The number of fused-ring (bicyclic) bond motifs is 1. The van der Waals surface area contributed by atoms with Crippen molar-refractivity contribution in [2.75, 3.05) is 5.32 Å². The van der Waals surface area contributed by atoms with E-state index in [0.717, 1.165) is 0 Å². The summed E-state index contributed by atoms with van der Waals surface area (Å²) in [5, 5.41) is 12.4. The van der Waals surface area contributed by atoms with E-state index in [2.05, 4.69) is 25.8 Å². The van der Waals surface area contributed by atoms with Crippen LogP contribution in [-0.4, -0.2) is 31.6 Å². The molecule has 0 fully saturated rings. The van der Waals surface area contributed by atoms with Crippen LogP contribution in [0.25, 0.3) is 11.0 Å². The summed E-state index contributed by atoms with van der Waals surface area (Å²) < 4.78 is 47.2. The van der Waals surface area contributed by atoms with Gasteiger partial charge in [0.05, 0.1) is 33.4 Å². The number of nitrogens with zero attached hydrogens (tertiary/aromatic N) is 4. The van der Waals surface area contributed by atoms with Crippen molar-refractivity contribution in [3.8, 4) is 0 Å². The Morgan fingerprint density at radius 1 is 1.09 bits per heavy atom. The average molecular weight is 527 g/mol. The molecule has 0 aliphatic carbocycles. The molecule has 2 aromatic carbocycles. The number of hydrogen-bond donors (Lipinski definition) is 2. The van der Waals surface area contributed by atoms with Crippen LogP contribution in [0.3, 0.4) is 0 Å². The number of halogens is 5. The number of carbonyl (C=O) groups is 2. The first-order valence-electron chi connectivity index (χ1n) is 9.92. The zero-order valence-electron chi connectivity index (χ0n) is 17.8. The Hall–Kier alpha value is -3.64. The molecule has 9 nitrogen and oxygen atoms in total. The first-order chi connectivity index (χ1) is 16.5. The summed E-state index contributed by atoms with van der Waals surface area (Å²) >= 11 is 12.1. The number of benzene rings is 2. The fraction of sp³-hybridized carbons (Fsp3) is 0.190. The van der Waals surface area contributed by atoms with Crippen LogP contribution in [0.4, 0.5) is 18.9 Å². The maximum atomic E-state index is 13.8. The number of aryl methyl sites for hydroxylation is 1. The number of alkyl halides is 3. The van der Waals surface area contributed by atoms with E-state index in [4.69, 9.17) is 27.6 Å². The van der Waals surface area contributed by atoms with Gasteiger partial charge < -0.3 is 19.6 Å². The van der Waals surface area contributed by atoms with E-state index in [9.17, 15) is 22.8 Å². The van der Waals surface area contributed by atoms with Crippen molar-refractivity contribution < 1.29 is 27.2 Å². The summed E-state index contributed by atoms with van der Waals surface area (Å²) in [4.78, 5) is 28.9. The third kappa shape index (κ3) is 5.23. The van der Waals surface area contributed by atoms with Gasteiger partial charge in [-0.25, -0.2) is 4.98 Å². The highest BCUT2D eigenvalue weighted by Crippen LogP contribution is 2.34. The van der Waals surface area contributed by atoms with Crippen LogP contribution < -0.4 is 10.6 Å². The lowest BCUT2D eigenvalue weighted by Crippen LogP contribution is -2.29. The number of imidazole rings is 1. The van der Waals surface area contributed by atoms with Crippen molar-refractivity contribution in [3.63, 3.8) is 0 Å². The molecule has 2 amide bonds. The molecule has 4 rings (SSSR count). The van der Waals surface area contributed by atoms with Crippen LogP contribution >= 0.6 is 23.2 Å². The van der Waals surface area contributed by atoms with Gasteiger partial charge in [-0.1, -0.05) is 35.3 Å². The number of amides is 2. The molecule has 14 heteroatoms. The molecule has 0 aliphatic heterocycles. The van der Waals surface area contributed by atoms with Gasteiger partial charge in [0.2, 0.25) is 23.5 Å². The van der Waals surface area contributed by atoms with Gasteiger partial charge in [0.1, 0.15) is 12.1 Å². The van der Waals surface area contributed by atoms with Gasteiger partial charge in [-0.3, -0.25) is 9.59 Å². The van der Waals surface area contributed by atoms with Crippen LogP contribution in [0.5, 0.6) is 0 Å². The zero-order chi connectivity index (χ0) is 25.3. The van der Waals surface area contributed by atoms with Gasteiger partial charge in [-0.2, -0.15) is 13.2 Å². The fourth-order valence-electron chi connectivity index (χ4n) is 3.31. The average Bonchev–Trinajstić information content (AvgIpc) is 3.36. The van der Waals surface area contributed by atoms with Gasteiger partial charge in [0.25, 0.3) is 5.91 Å². The van der Waals surface area contributed by atoms with Gasteiger partial charge in [0, 0.05) is 6.92 Å². The van der Waals surface area contributed by atoms with Gasteiger partial charge in [-0.15, -0.1) is 10.2 Å². The van der Waals surface area contributed by atoms with Gasteiger partial charge >= 0.3 is 6.18 Å². The molecule has 0 atom stereocenters. The first kappa shape index (κ1) is 24.5. The van der Waals surface area contributed by atoms with E-state index < -0.39 is 30.4 Å². The van der Waals surface area contributed by atoms with Crippen LogP contribution in [0.2, 0.25) is 10.0 Å². The molecule has 2 N–H and O–H groups in total. The lowest BCUT2D eigenvalue weighted by molar-refractivity contribution is -0.147. The quantitative estimate of drug-likeness (QED) is 0.378. The molecule has 0 bridgehead atoms. The van der Waals surface area contributed by atoms with E-state index in [0.29, 0.717) is 4.57 Å². The predicted molar refractivity (Wildman–Crippen MR) is 120 cm³/mol. The minimum absolute atomic E-state index is 0.0190. The number of hydrogen-bond acceptors (Lipinski definition) is 6.